The van der Waals surface area contributed by atoms with Gasteiger partial charge in [-0.3, -0.25) is 0 Å². The first-order valence-corrected chi connectivity index (χ1v) is 6.85. The van der Waals surface area contributed by atoms with Crippen LogP contribution >= 0.6 is 11.6 Å². The van der Waals surface area contributed by atoms with Crippen molar-refractivity contribution in [3.63, 3.8) is 0 Å². The van der Waals surface area contributed by atoms with E-state index >= 15 is 0 Å². The van der Waals surface area contributed by atoms with Gasteiger partial charge in [-0.15, -0.1) is 11.6 Å². The Balaban J connectivity index is 2.35. The second kappa shape index (κ2) is 6.89. The molecule has 104 valence electrons. The largest absolute Gasteiger partial charge is 0.382 e. The zero-order valence-corrected chi connectivity index (χ0v) is 12.1. The fourth-order valence-electron chi connectivity index (χ4n) is 2.19. The van der Waals surface area contributed by atoms with Gasteiger partial charge in [-0.05, 0) is 12.1 Å². The van der Waals surface area contributed by atoms with Crippen molar-refractivity contribution in [2.75, 3.05) is 26.7 Å². The molecule has 1 atom stereocenters. The number of benzene rings is 1. The van der Waals surface area contributed by atoms with Crippen molar-refractivity contribution in [3.05, 3.63) is 30.1 Å². The van der Waals surface area contributed by atoms with E-state index in [1.807, 2.05) is 18.2 Å². The van der Waals surface area contributed by atoms with Gasteiger partial charge in [0.05, 0.1) is 30.3 Å². The summed E-state index contributed by atoms with van der Waals surface area (Å²) >= 11 is 5.86. The van der Waals surface area contributed by atoms with Gasteiger partial charge in [0.2, 0.25) is 0 Å². The number of methoxy groups -OCH3 is 2. The highest BCUT2D eigenvalue weighted by molar-refractivity contribution is 6.17. The van der Waals surface area contributed by atoms with Crippen molar-refractivity contribution in [1.82, 2.24) is 9.55 Å². The zero-order chi connectivity index (χ0) is 13.7. The molecule has 1 aromatic carbocycles. The second-order valence-corrected chi connectivity index (χ2v) is 4.76. The van der Waals surface area contributed by atoms with Gasteiger partial charge in [0.25, 0.3) is 0 Å². The maximum Gasteiger partial charge on any atom is 0.111 e. The number of ether oxygens (including phenoxy) is 2. The number of halogens is 1. The lowest BCUT2D eigenvalue weighted by Crippen LogP contribution is -2.24. The number of hydrogen-bond acceptors (Lipinski definition) is 3. The smallest absolute Gasteiger partial charge is 0.111 e. The quantitative estimate of drug-likeness (QED) is 0.732. The molecule has 0 aliphatic rings. The lowest BCUT2D eigenvalue weighted by Gasteiger charge is -2.17. The maximum atomic E-state index is 5.86. The Kier molecular flexibility index (Phi) is 5.19. The van der Waals surface area contributed by atoms with Gasteiger partial charge in [0.1, 0.15) is 5.82 Å². The predicted octanol–water partition coefficient (Wildman–Crippen LogP) is 2.48. The summed E-state index contributed by atoms with van der Waals surface area (Å²) in [5.41, 5.74) is 2.11. The van der Waals surface area contributed by atoms with Crippen molar-refractivity contribution in [1.29, 1.82) is 0 Å². The van der Waals surface area contributed by atoms with Crippen molar-refractivity contribution < 1.29 is 9.47 Å². The van der Waals surface area contributed by atoms with Crippen LogP contribution in [0.1, 0.15) is 5.82 Å². The number of imidazole rings is 1. The molecule has 0 bridgehead atoms. The predicted molar refractivity (Wildman–Crippen MR) is 76.8 cm³/mol. The van der Waals surface area contributed by atoms with Gasteiger partial charge >= 0.3 is 0 Å². The minimum atomic E-state index is 0.0108. The number of alkyl halides is 1. The Morgan fingerprint density at radius 2 is 2.11 bits per heavy atom. The highest BCUT2D eigenvalue weighted by atomic mass is 35.5. The Labute approximate surface area is 118 Å². The van der Waals surface area contributed by atoms with Crippen LogP contribution in [-0.4, -0.2) is 42.4 Å². The van der Waals surface area contributed by atoms with Crippen LogP contribution in [0.4, 0.5) is 0 Å². The standard InChI is InChI=1S/C14H19ClN2O2/c1-18-10-11(19-2)9-17-13-6-4-3-5-12(13)16-14(17)7-8-15/h3-6,11H,7-10H2,1-2H3. The van der Waals surface area contributed by atoms with Crippen molar-refractivity contribution in [3.8, 4) is 0 Å². The van der Waals surface area contributed by atoms with Crippen LogP contribution < -0.4 is 0 Å². The van der Waals surface area contributed by atoms with Gasteiger partial charge < -0.3 is 14.0 Å². The molecular formula is C14H19ClN2O2. The minimum absolute atomic E-state index is 0.0108. The molecule has 2 rings (SSSR count). The molecule has 0 spiro atoms. The van der Waals surface area contributed by atoms with E-state index in [1.54, 1.807) is 14.2 Å². The normalized spacial score (nSPS) is 13.0. The molecule has 0 aliphatic heterocycles. The first-order valence-electron chi connectivity index (χ1n) is 6.32. The Bertz CT molecular complexity index is 527. The maximum absolute atomic E-state index is 5.86. The second-order valence-electron chi connectivity index (χ2n) is 4.38. The van der Waals surface area contributed by atoms with Gasteiger partial charge in [0, 0.05) is 26.5 Å². The fraction of sp³-hybridized carbons (Fsp3) is 0.500. The Morgan fingerprint density at radius 3 is 2.79 bits per heavy atom. The van der Waals surface area contributed by atoms with Crippen molar-refractivity contribution in [2.24, 2.45) is 0 Å². The highest BCUT2D eigenvalue weighted by Gasteiger charge is 2.14. The van der Waals surface area contributed by atoms with E-state index in [-0.39, 0.29) is 6.10 Å². The molecule has 1 unspecified atom stereocenters. The summed E-state index contributed by atoms with van der Waals surface area (Å²) in [5, 5.41) is 0. The fourth-order valence-corrected chi connectivity index (χ4v) is 2.36. The van der Waals surface area contributed by atoms with E-state index in [1.165, 1.54) is 0 Å². The van der Waals surface area contributed by atoms with Crippen LogP contribution in [0, 0.1) is 0 Å². The minimum Gasteiger partial charge on any atom is -0.382 e. The lowest BCUT2D eigenvalue weighted by molar-refractivity contribution is 0.0186. The SMILES string of the molecule is COCC(Cn1c(CCCl)nc2ccccc21)OC. The summed E-state index contributed by atoms with van der Waals surface area (Å²) < 4.78 is 12.8. The van der Waals surface area contributed by atoms with Crippen molar-refractivity contribution >= 4 is 22.6 Å². The number of aryl methyl sites for hydroxylation is 1. The molecule has 0 N–H and O–H groups in total. The summed E-state index contributed by atoms with van der Waals surface area (Å²) in [5.74, 6) is 1.56. The monoisotopic (exact) mass is 282 g/mol. The summed E-state index contributed by atoms with van der Waals surface area (Å²) in [7, 11) is 3.38. The van der Waals surface area contributed by atoms with E-state index in [0.29, 0.717) is 12.5 Å². The van der Waals surface area contributed by atoms with Crippen LogP contribution in [0.5, 0.6) is 0 Å². The Morgan fingerprint density at radius 1 is 1.32 bits per heavy atom. The van der Waals surface area contributed by atoms with Crippen LogP contribution in [0.3, 0.4) is 0 Å². The molecule has 2 aromatic rings. The lowest BCUT2D eigenvalue weighted by atomic mass is 10.3. The molecule has 19 heavy (non-hydrogen) atoms. The van der Waals surface area contributed by atoms with Crippen LogP contribution in [0.2, 0.25) is 0 Å². The van der Waals surface area contributed by atoms with E-state index in [4.69, 9.17) is 21.1 Å². The highest BCUT2D eigenvalue weighted by Crippen LogP contribution is 2.18. The number of rotatable bonds is 7. The van der Waals surface area contributed by atoms with Crippen molar-refractivity contribution in [2.45, 2.75) is 19.1 Å². The van der Waals surface area contributed by atoms with E-state index in [2.05, 4.69) is 15.6 Å². The third-order valence-electron chi connectivity index (χ3n) is 3.12. The van der Waals surface area contributed by atoms with E-state index in [9.17, 15) is 0 Å². The molecule has 1 heterocycles. The molecular weight excluding hydrogens is 264 g/mol. The van der Waals surface area contributed by atoms with Gasteiger partial charge in [-0.25, -0.2) is 4.98 Å². The van der Waals surface area contributed by atoms with E-state index in [0.717, 1.165) is 29.8 Å². The van der Waals surface area contributed by atoms with Gasteiger partial charge in [-0.1, -0.05) is 12.1 Å². The topological polar surface area (TPSA) is 36.3 Å². The molecule has 0 amide bonds. The molecule has 1 aromatic heterocycles. The summed E-state index contributed by atoms with van der Waals surface area (Å²) in [6.07, 6.45) is 0.760. The Hall–Kier alpha value is -1.10. The van der Waals surface area contributed by atoms with E-state index < -0.39 is 0 Å². The molecule has 0 radical (unpaired) electrons. The van der Waals surface area contributed by atoms with Gasteiger partial charge in [0.15, 0.2) is 0 Å². The number of fused-ring (bicyclic) bond motifs is 1. The van der Waals surface area contributed by atoms with Crippen LogP contribution in [-0.2, 0) is 22.4 Å². The van der Waals surface area contributed by atoms with Gasteiger partial charge in [-0.2, -0.15) is 0 Å². The number of nitrogens with zero attached hydrogens (tertiary/aromatic N) is 2. The molecule has 0 fully saturated rings. The molecule has 0 saturated heterocycles. The average Bonchev–Trinajstić information content (AvgIpc) is 2.77. The van der Waals surface area contributed by atoms with Crippen LogP contribution in [0.15, 0.2) is 24.3 Å². The molecule has 0 saturated carbocycles. The molecule has 0 aliphatic carbocycles. The first kappa shape index (κ1) is 14.3. The zero-order valence-electron chi connectivity index (χ0n) is 11.3. The third-order valence-corrected chi connectivity index (χ3v) is 3.31. The molecule has 4 nitrogen and oxygen atoms in total. The van der Waals surface area contributed by atoms with Crippen LogP contribution in [0.25, 0.3) is 11.0 Å². The number of aromatic nitrogens is 2. The number of hydrogen-bond donors (Lipinski definition) is 0. The number of para-hydroxylation sites is 2. The summed E-state index contributed by atoms with van der Waals surface area (Å²) in [6, 6.07) is 8.09. The molecule has 5 heteroatoms. The first-order chi connectivity index (χ1) is 9.30. The summed E-state index contributed by atoms with van der Waals surface area (Å²) in [4.78, 5) is 4.63. The summed E-state index contributed by atoms with van der Waals surface area (Å²) in [6.45, 7) is 1.28. The third kappa shape index (κ3) is 3.26. The average molecular weight is 283 g/mol.